The first-order valence-electron chi connectivity index (χ1n) is 7.47. The van der Waals surface area contributed by atoms with E-state index in [-0.39, 0.29) is 0 Å². The number of H-pyrrole nitrogens is 1. The number of nitrogens with one attached hydrogen (secondary N) is 1. The lowest BCUT2D eigenvalue weighted by Gasteiger charge is -2.35. The van der Waals surface area contributed by atoms with Gasteiger partial charge in [-0.05, 0) is 19.1 Å². The molecule has 8 heteroatoms. The number of primary amides is 1. The quantitative estimate of drug-likeness (QED) is 0.876. The van der Waals surface area contributed by atoms with Gasteiger partial charge in [0.1, 0.15) is 5.82 Å². The average Bonchev–Trinajstić information content (AvgIpc) is 2.87. The van der Waals surface area contributed by atoms with E-state index >= 15 is 0 Å². The summed E-state index contributed by atoms with van der Waals surface area (Å²) in [5.74, 6) is 0.211. The number of aromatic amines is 1. The lowest BCUT2D eigenvalue weighted by molar-refractivity contribution is 0.1000. The van der Waals surface area contributed by atoms with Crippen LogP contribution in [0, 0.1) is 6.92 Å². The maximum absolute atomic E-state index is 11.5. The van der Waals surface area contributed by atoms with Gasteiger partial charge in [0, 0.05) is 38.9 Å². The Hall–Kier alpha value is -2.12. The van der Waals surface area contributed by atoms with Crippen molar-refractivity contribution < 1.29 is 4.79 Å². The van der Waals surface area contributed by atoms with Gasteiger partial charge in [-0.2, -0.15) is 5.10 Å². The number of anilines is 1. The Morgan fingerprint density at radius 2 is 2.13 bits per heavy atom. The summed E-state index contributed by atoms with van der Waals surface area (Å²) >= 11 is 6.22. The van der Waals surface area contributed by atoms with E-state index in [9.17, 15) is 4.79 Å². The van der Waals surface area contributed by atoms with Crippen molar-refractivity contribution in [3.63, 3.8) is 0 Å². The lowest BCUT2D eigenvalue weighted by Crippen LogP contribution is -2.46. The van der Waals surface area contributed by atoms with Gasteiger partial charge in [0.25, 0.3) is 5.91 Å². The molecule has 122 valence electrons. The number of piperazine rings is 1. The fourth-order valence-corrected chi connectivity index (χ4v) is 2.89. The summed E-state index contributed by atoms with van der Waals surface area (Å²) in [5.41, 5.74) is 7.65. The number of amides is 1. The zero-order valence-electron chi connectivity index (χ0n) is 12.9. The van der Waals surface area contributed by atoms with Crippen molar-refractivity contribution in [2.45, 2.75) is 13.5 Å². The summed E-state index contributed by atoms with van der Waals surface area (Å²) in [4.78, 5) is 20.2. The maximum Gasteiger partial charge on any atom is 0.252 e. The molecule has 3 rings (SSSR count). The Morgan fingerprint density at radius 3 is 2.74 bits per heavy atom. The Labute approximate surface area is 139 Å². The molecule has 3 N–H and O–H groups in total. The molecule has 0 atom stereocenters. The largest absolute Gasteiger partial charge is 0.365 e. The second-order valence-electron chi connectivity index (χ2n) is 5.61. The van der Waals surface area contributed by atoms with Crippen LogP contribution < -0.4 is 10.6 Å². The minimum atomic E-state index is -0.450. The third-order valence-corrected chi connectivity index (χ3v) is 4.54. The predicted molar refractivity (Wildman–Crippen MR) is 88.6 cm³/mol. The number of halogens is 1. The number of pyridine rings is 1. The third-order valence-electron chi connectivity index (χ3n) is 4.04. The first-order chi connectivity index (χ1) is 11.1. The lowest BCUT2D eigenvalue weighted by atomic mass is 10.2. The molecule has 1 fully saturated rings. The summed E-state index contributed by atoms with van der Waals surface area (Å²) in [6.45, 7) is 5.86. The van der Waals surface area contributed by atoms with Crippen molar-refractivity contribution in [3.8, 4) is 0 Å². The molecule has 0 saturated carbocycles. The van der Waals surface area contributed by atoms with Gasteiger partial charge in [-0.3, -0.25) is 14.8 Å². The summed E-state index contributed by atoms with van der Waals surface area (Å²) < 4.78 is 0. The summed E-state index contributed by atoms with van der Waals surface area (Å²) in [6.07, 6.45) is 1.68. The molecule has 3 heterocycles. The number of carbonyl (C=O) groups excluding carboxylic acids is 1. The third kappa shape index (κ3) is 3.30. The topological polar surface area (TPSA) is 91.1 Å². The molecule has 2 aromatic rings. The van der Waals surface area contributed by atoms with Gasteiger partial charge in [-0.15, -0.1) is 0 Å². The zero-order valence-corrected chi connectivity index (χ0v) is 13.7. The highest BCUT2D eigenvalue weighted by Crippen LogP contribution is 2.21. The van der Waals surface area contributed by atoms with Gasteiger partial charge in [0.15, 0.2) is 0 Å². The molecule has 1 aliphatic rings. The van der Waals surface area contributed by atoms with Crippen molar-refractivity contribution in [2.24, 2.45) is 5.73 Å². The molecule has 1 amide bonds. The molecule has 23 heavy (non-hydrogen) atoms. The van der Waals surface area contributed by atoms with Gasteiger partial charge < -0.3 is 10.6 Å². The van der Waals surface area contributed by atoms with Gasteiger partial charge >= 0.3 is 0 Å². The number of rotatable bonds is 4. The SMILES string of the molecule is Cc1[nH]nc(CN2CCN(c3ncccc3C(N)=O)CC2)c1Cl. The molecule has 0 aliphatic carbocycles. The summed E-state index contributed by atoms with van der Waals surface area (Å²) in [5, 5.41) is 7.84. The van der Waals surface area contributed by atoms with Gasteiger partial charge in [0.2, 0.25) is 0 Å². The van der Waals surface area contributed by atoms with E-state index in [1.54, 1.807) is 18.3 Å². The van der Waals surface area contributed by atoms with Crippen molar-refractivity contribution in [3.05, 3.63) is 40.3 Å². The molecule has 0 radical (unpaired) electrons. The van der Waals surface area contributed by atoms with Crippen LogP contribution in [0.25, 0.3) is 0 Å². The Morgan fingerprint density at radius 1 is 1.39 bits per heavy atom. The van der Waals surface area contributed by atoms with Crippen LogP contribution in [0.1, 0.15) is 21.7 Å². The Bertz CT molecular complexity index is 708. The molecule has 1 saturated heterocycles. The molecular weight excluding hydrogens is 316 g/mol. The minimum absolute atomic E-state index is 0.450. The van der Waals surface area contributed by atoms with E-state index in [4.69, 9.17) is 17.3 Å². The van der Waals surface area contributed by atoms with E-state index in [0.29, 0.717) is 22.9 Å². The molecule has 7 nitrogen and oxygen atoms in total. The smallest absolute Gasteiger partial charge is 0.252 e. The molecule has 0 aromatic carbocycles. The predicted octanol–water partition coefficient (Wildman–Crippen LogP) is 1.19. The fourth-order valence-electron chi connectivity index (χ4n) is 2.74. The second-order valence-corrected chi connectivity index (χ2v) is 5.99. The number of aryl methyl sites for hydroxylation is 1. The van der Waals surface area contributed by atoms with E-state index in [0.717, 1.165) is 37.6 Å². The number of hydrogen-bond donors (Lipinski definition) is 2. The zero-order chi connectivity index (χ0) is 16.4. The molecule has 2 aromatic heterocycles. The van der Waals surface area contributed by atoms with Crippen LogP contribution in [0.5, 0.6) is 0 Å². The monoisotopic (exact) mass is 334 g/mol. The maximum atomic E-state index is 11.5. The van der Waals surface area contributed by atoms with Crippen LogP contribution in [0.4, 0.5) is 5.82 Å². The first-order valence-corrected chi connectivity index (χ1v) is 7.85. The number of nitrogens with two attached hydrogens (primary N) is 1. The van der Waals surface area contributed by atoms with Gasteiger partial charge in [-0.1, -0.05) is 11.6 Å². The first kappa shape index (κ1) is 15.8. The van der Waals surface area contributed by atoms with Crippen LogP contribution in [-0.2, 0) is 6.54 Å². The number of carbonyl (C=O) groups is 1. The highest BCUT2D eigenvalue weighted by Gasteiger charge is 2.22. The fraction of sp³-hybridized carbons (Fsp3) is 0.400. The normalized spacial score (nSPS) is 15.8. The van der Waals surface area contributed by atoms with E-state index in [1.807, 2.05) is 6.92 Å². The molecule has 0 bridgehead atoms. The van der Waals surface area contributed by atoms with Gasteiger partial charge in [0.05, 0.1) is 22.0 Å². The standard InChI is InChI=1S/C15H19ClN6O/c1-10-13(16)12(20-19-10)9-21-5-7-22(8-6-21)15-11(14(17)23)3-2-4-18-15/h2-4H,5-9H2,1H3,(H2,17,23)(H,19,20). The number of hydrogen-bond acceptors (Lipinski definition) is 5. The molecule has 0 spiro atoms. The Balaban J connectivity index is 1.65. The van der Waals surface area contributed by atoms with E-state index in [2.05, 4.69) is 25.0 Å². The van der Waals surface area contributed by atoms with Crippen LogP contribution in [0.2, 0.25) is 5.02 Å². The highest BCUT2D eigenvalue weighted by atomic mass is 35.5. The average molecular weight is 335 g/mol. The van der Waals surface area contributed by atoms with Crippen LogP contribution >= 0.6 is 11.6 Å². The molecule has 0 unspecified atom stereocenters. The van der Waals surface area contributed by atoms with Crippen molar-refractivity contribution in [1.82, 2.24) is 20.1 Å². The van der Waals surface area contributed by atoms with Gasteiger partial charge in [-0.25, -0.2) is 4.98 Å². The molecule has 1 aliphatic heterocycles. The van der Waals surface area contributed by atoms with Crippen LogP contribution in [-0.4, -0.2) is 52.2 Å². The van der Waals surface area contributed by atoms with Crippen molar-refractivity contribution in [2.75, 3.05) is 31.1 Å². The van der Waals surface area contributed by atoms with E-state index in [1.165, 1.54) is 0 Å². The highest BCUT2D eigenvalue weighted by molar-refractivity contribution is 6.31. The van der Waals surface area contributed by atoms with Crippen LogP contribution in [0.15, 0.2) is 18.3 Å². The van der Waals surface area contributed by atoms with Crippen molar-refractivity contribution in [1.29, 1.82) is 0 Å². The number of nitrogens with zero attached hydrogens (tertiary/aromatic N) is 4. The Kier molecular flexibility index (Phi) is 4.49. The van der Waals surface area contributed by atoms with Crippen LogP contribution in [0.3, 0.4) is 0 Å². The second kappa shape index (κ2) is 6.55. The van der Waals surface area contributed by atoms with Crippen molar-refractivity contribution >= 4 is 23.3 Å². The number of aromatic nitrogens is 3. The summed E-state index contributed by atoms with van der Waals surface area (Å²) in [6, 6.07) is 3.44. The molecular formula is C15H19ClN6O. The minimum Gasteiger partial charge on any atom is -0.365 e. The van der Waals surface area contributed by atoms with E-state index < -0.39 is 5.91 Å². The summed E-state index contributed by atoms with van der Waals surface area (Å²) in [7, 11) is 0.